The molecule has 2 N–H and O–H groups in total. The van der Waals surface area contributed by atoms with Crippen molar-refractivity contribution in [2.45, 2.75) is 53.0 Å². The second kappa shape index (κ2) is 7.54. The Hall–Kier alpha value is -1.02. The zero-order valence-corrected chi connectivity index (χ0v) is 13.2. The van der Waals surface area contributed by atoms with E-state index in [-0.39, 0.29) is 6.04 Å². The Morgan fingerprint density at radius 2 is 1.95 bits per heavy atom. The third-order valence-electron chi connectivity index (χ3n) is 3.69. The zero-order valence-electron chi connectivity index (χ0n) is 13.2. The summed E-state index contributed by atoms with van der Waals surface area (Å²) >= 11 is 0. The molecule has 1 unspecified atom stereocenters. The van der Waals surface area contributed by atoms with Crippen LogP contribution >= 0.6 is 0 Å². The van der Waals surface area contributed by atoms with Gasteiger partial charge in [0.2, 0.25) is 0 Å². The summed E-state index contributed by atoms with van der Waals surface area (Å²) in [5, 5.41) is 0. The van der Waals surface area contributed by atoms with E-state index in [4.69, 9.17) is 5.73 Å². The van der Waals surface area contributed by atoms with Crippen LogP contribution in [0.5, 0.6) is 0 Å². The molecule has 0 heterocycles. The van der Waals surface area contributed by atoms with Crippen molar-refractivity contribution in [3.63, 3.8) is 0 Å². The minimum Gasteiger partial charge on any atom is -0.374 e. The number of aryl methyl sites for hydroxylation is 1. The smallest absolute Gasteiger partial charge is 0.0396 e. The molecule has 0 fully saturated rings. The van der Waals surface area contributed by atoms with Crippen LogP contribution < -0.4 is 10.6 Å². The van der Waals surface area contributed by atoms with Gasteiger partial charge in [-0.1, -0.05) is 38.5 Å². The summed E-state index contributed by atoms with van der Waals surface area (Å²) in [5.41, 5.74) is 10.2. The number of benzene rings is 1. The minimum atomic E-state index is 0.263. The predicted octanol–water partition coefficient (Wildman–Crippen LogP) is 3.76. The molecule has 0 saturated carbocycles. The lowest BCUT2D eigenvalue weighted by Gasteiger charge is -2.25. The molecule has 1 aromatic rings. The first-order valence-electron chi connectivity index (χ1n) is 7.50. The number of hydrogen-bond donors (Lipinski definition) is 1. The average molecular weight is 262 g/mol. The molecule has 2 heteroatoms. The van der Waals surface area contributed by atoms with E-state index < -0.39 is 0 Å². The summed E-state index contributed by atoms with van der Waals surface area (Å²) in [5.74, 6) is 0.745. The lowest BCUT2D eigenvalue weighted by molar-refractivity contribution is 0.583. The number of nitrogens with two attached hydrogens (primary N) is 1. The first-order chi connectivity index (χ1) is 8.93. The molecule has 0 aliphatic rings. The van der Waals surface area contributed by atoms with Gasteiger partial charge in [-0.25, -0.2) is 0 Å². The van der Waals surface area contributed by atoms with Gasteiger partial charge < -0.3 is 10.6 Å². The van der Waals surface area contributed by atoms with Gasteiger partial charge in [0.15, 0.2) is 0 Å². The number of hydrogen-bond acceptors (Lipinski definition) is 2. The van der Waals surface area contributed by atoms with Crippen LogP contribution in [0.25, 0.3) is 0 Å². The summed E-state index contributed by atoms with van der Waals surface area (Å²) < 4.78 is 0. The molecule has 1 atom stereocenters. The summed E-state index contributed by atoms with van der Waals surface area (Å²) in [6.45, 7) is 9.96. The van der Waals surface area contributed by atoms with Crippen molar-refractivity contribution in [2.24, 2.45) is 11.7 Å². The highest BCUT2D eigenvalue weighted by Crippen LogP contribution is 2.23. The quantitative estimate of drug-likeness (QED) is 0.810. The van der Waals surface area contributed by atoms with Crippen LogP contribution in [0.3, 0.4) is 0 Å². The standard InChI is InChI=1S/C17H30N2/c1-6-16(18)12-15-11-14(4)7-8-17(15)19(5)10-9-13(2)3/h7-8,11,13,16H,6,9-10,12,18H2,1-5H3. The fourth-order valence-electron chi connectivity index (χ4n) is 2.25. The van der Waals surface area contributed by atoms with E-state index in [2.05, 4.69) is 57.8 Å². The number of anilines is 1. The fraction of sp³-hybridized carbons (Fsp3) is 0.647. The highest BCUT2D eigenvalue weighted by molar-refractivity contribution is 5.54. The maximum atomic E-state index is 6.13. The van der Waals surface area contributed by atoms with Crippen LogP contribution in [0, 0.1) is 12.8 Å². The van der Waals surface area contributed by atoms with E-state index in [9.17, 15) is 0 Å². The molecule has 0 amide bonds. The topological polar surface area (TPSA) is 29.3 Å². The van der Waals surface area contributed by atoms with E-state index >= 15 is 0 Å². The van der Waals surface area contributed by atoms with Crippen molar-refractivity contribution in [1.82, 2.24) is 0 Å². The average Bonchev–Trinajstić information content (AvgIpc) is 2.36. The third-order valence-corrected chi connectivity index (χ3v) is 3.69. The molecule has 1 aromatic carbocycles. The van der Waals surface area contributed by atoms with Crippen molar-refractivity contribution < 1.29 is 0 Å². The van der Waals surface area contributed by atoms with Gasteiger partial charge in [-0.2, -0.15) is 0 Å². The molecule has 0 saturated heterocycles. The maximum Gasteiger partial charge on any atom is 0.0396 e. The van der Waals surface area contributed by atoms with E-state index in [1.807, 2.05) is 0 Å². The fourth-order valence-corrected chi connectivity index (χ4v) is 2.25. The molecule has 0 aromatic heterocycles. The first kappa shape index (κ1) is 16.0. The SMILES string of the molecule is CCC(N)Cc1cc(C)ccc1N(C)CCC(C)C. The molecule has 0 aliphatic heterocycles. The summed E-state index contributed by atoms with van der Waals surface area (Å²) in [4.78, 5) is 2.37. The highest BCUT2D eigenvalue weighted by atomic mass is 15.1. The molecular weight excluding hydrogens is 232 g/mol. The van der Waals surface area contributed by atoms with Gasteiger partial charge in [0.25, 0.3) is 0 Å². The molecule has 0 bridgehead atoms. The molecule has 1 rings (SSSR count). The lowest BCUT2D eigenvalue weighted by atomic mass is 10.00. The Morgan fingerprint density at radius 1 is 1.26 bits per heavy atom. The van der Waals surface area contributed by atoms with Crippen molar-refractivity contribution >= 4 is 5.69 Å². The van der Waals surface area contributed by atoms with Crippen LogP contribution in [0.2, 0.25) is 0 Å². The second-order valence-electron chi connectivity index (χ2n) is 6.11. The molecule has 0 aliphatic carbocycles. The van der Waals surface area contributed by atoms with Gasteiger partial charge >= 0.3 is 0 Å². The van der Waals surface area contributed by atoms with E-state index in [1.165, 1.54) is 23.2 Å². The molecule has 2 nitrogen and oxygen atoms in total. The molecule has 0 radical (unpaired) electrons. The Morgan fingerprint density at radius 3 is 2.53 bits per heavy atom. The van der Waals surface area contributed by atoms with Crippen LogP contribution in [0.15, 0.2) is 18.2 Å². The summed E-state index contributed by atoms with van der Waals surface area (Å²) in [6.07, 6.45) is 3.23. The largest absolute Gasteiger partial charge is 0.374 e. The van der Waals surface area contributed by atoms with Gasteiger partial charge in [0.05, 0.1) is 0 Å². The highest BCUT2D eigenvalue weighted by Gasteiger charge is 2.11. The maximum absolute atomic E-state index is 6.13. The van der Waals surface area contributed by atoms with Crippen molar-refractivity contribution in [2.75, 3.05) is 18.5 Å². The van der Waals surface area contributed by atoms with E-state index in [0.717, 1.165) is 25.3 Å². The van der Waals surface area contributed by atoms with Gasteiger partial charge in [-0.05, 0) is 43.7 Å². The minimum absolute atomic E-state index is 0.263. The van der Waals surface area contributed by atoms with Gasteiger partial charge in [-0.3, -0.25) is 0 Å². The van der Waals surface area contributed by atoms with Gasteiger partial charge in [0.1, 0.15) is 0 Å². The molecule has 108 valence electrons. The Balaban J connectivity index is 2.85. The molecule has 0 spiro atoms. The number of nitrogens with zero attached hydrogens (tertiary/aromatic N) is 1. The van der Waals surface area contributed by atoms with E-state index in [0.29, 0.717) is 0 Å². The van der Waals surface area contributed by atoms with Gasteiger partial charge in [-0.15, -0.1) is 0 Å². The van der Waals surface area contributed by atoms with Crippen molar-refractivity contribution in [1.29, 1.82) is 0 Å². The first-order valence-corrected chi connectivity index (χ1v) is 7.50. The Kier molecular flexibility index (Phi) is 6.36. The van der Waals surface area contributed by atoms with Crippen LogP contribution in [0.1, 0.15) is 44.7 Å². The lowest BCUT2D eigenvalue weighted by Crippen LogP contribution is -2.25. The summed E-state index contributed by atoms with van der Waals surface area (Å²) in [7, 11) is 2.19. The monoisotopic (exact) mass is 262 g/mol. The van der Waals surface area contributed by atoms with Crippen molar-refractivity contribution in [3.05, 3.63) is 29.3 Å². The number of rotatable bonds is 7. The Bertz CT molecular complexity index is 385. The summed E-state index contributed by atoms with van der Waals surface area (Å²) in [6, 6.07) is 6.99. The van der Waals surface area contributed by atoms with E-state index in [1.54, 1.807) is 0 Å². The zero-order chi connectivity index (χ0) is 14.4. The predicted molar refractivity (Wildman–Crippen MR) is 85.9 cm³/mol. The van der Waals surface area contributed by atoms with Crippen molar-refractivity contribution in [3.8, 4) is 0 Å². The van der Waals surface area contributed by atoms with Gasteiger partial charge in [0, 0.05) is 25.3 Å². The Labute approximate surface area is 119 Å². The molecule has 19 heavy (non-hydrogen) atoms. The third kappa shape index (κ3) is 5.23. The molecular formula is C17H30N2. The second-order valence-corrected chi connectivity index (χ2v) is 6.11. The van der Waals surface area contributed by atoms with Crippen LogP contribution in [-0.4, -0.2) is 19.6 Å². The van der Waals surface area contributed by atoms with Crippen LogP contribution in [-0.2, 0) is 6.42 Å². The van der Waals surface area contributed by atoms with Crippen LogP contribution in [0.4, 0.5) is 5.69 Å². The normalized spacial score (nSPS) is 12.8.